The Kier molecular flexibility index (Phi) is 2.67. The highest BCUT2D eigenvalue weighted by Crippen LogP contribution is 2.35. The minimum atomic E-state index is -0.705. The van der Waals surface area contributed by atoms with Crippen molar-refractivity contribution in [3.05, 3.63) is 65.2 Å². The summed E-state index contributed by atoms with van der Waals surface area (Å²) in [6.45, 7) is 0. The summed E-state index contributed by atoms with van der Waals surface area (Å²) in [7, 11) is 1.54. The van der Waals surface area contributed by atoms with Crippen LogP contribution in [-0.2, 0) is 0 Å². The number of rotatable bonds is 2. The first-order chi connectivity index (χ1) is 9.22. The smallest absolute Gasteiger partial charge is 0.178 e. The number of methoxy groups -OCH3 is 1. The van der Waals surface area contributed by atoms with Crippen molar-refractivity contribution >= 4 is 11.6 Å². The van der Waals surface area contributed by atoms with Crippen molar-refractivity contribution in [1.82, 2.24) is 0 Å². The largest absolute Gasteiger partial charge is 0.497 e. The van der Waals surface area contributed by atoms with Crippen LogP contribution < -0.4 is 4.74 Å². The van der Waals surface area contributed by atoms with Gasteiger partial charge in [-0.2, -0.15) is 0 Å². The molecule has 0 N–H and O–H groups in total. The lowest BCUT2D eigenvalue weighted by molar-refractivity contribution is 0.0890. The molecule has 0 amide bonds. The minimum absolute atomic E-state index is 0.131. The SMILES string of the molecule is COc1ccc2c(c1)C(=O)C(c1ccccc1)C2=O. The average molecular weight is 252 g/mol. The fraction of sp³-hybridized carbons (Fsp3) is 0.125. The third-order valence-electron chi connectivity index (χ3n) is 3.41. The normalized spacial score (nSPS) is 17.4. The third kappa shape index (κ3) is 1.74. The lowest BCUT2D eigenvalue weighted by atomic mass is 9.94. The number of hydrogen-bond acceptors (Lipinski definition) is 3. The summed E-state index contributed by atoms with van der Waals surface area (Å²) in [5.41, 5.74) is 1.69. The zero-order valence-electron chi connectivity index (χ0n) is 10.4. The van der Waals surface area contributed by atoms with Crippen molar-refractivity contribution in [3.8, 4) is 5.75 Å². The summed E-state index contributed by atoms with van der Waals surface area (Å²) in [4.78, 5) is 24.7. The van der Waals surface area contributed by atoms with Gasteiger partial charge in [0.15, 0.2) is 11.6 Å². The second kappa shape index (κ2) is 4.35. The van der Waals surface area contributed by atoms with E-state index in [0.29, 0.717) is 16.9 Å². The van der Waals surface area contributed by atoms with E-state index in [1.54, 1.807) is 18.2 Å². The zero-order valence-corrected chi connectivity index (χ0v) is 10.4. The number of carbonyl (C=O) groups is 2. The van der Waals surface area contributed by atoms with Gasteiger partial charge in [-0.25, -0.2) is 0 Å². The predicted molar refractivity (Wildman–Crippen MR) is 70.8 cm³/mol. The molecule has 2 aromatic rings. The van der Waals surface area contributed by atoms with Crippen LogP contribution >= 0.6 is 0 Å². The maximum Gasteiger partial charge on any atom is 0.178 e. The van der Waals surface area contributed by atoms with E-state index in [1.165, 1.54) is 7.11 Å². The molecule has 0 spiro atoms. The number of benzene rings is 2. The summed E-state index contributed by atoms with van der Waals surface area (Å²) in [5.74, 6) is -0.393. The Hall–Kier alpha value is -2.42. The Morgan fingerprint density at radius 2 is 1.58 bits per heavy atom. The Labute approximate surface area is 110 Å². The number of ether oxygens (including phenoxy) is 1. The molecule has 2 aromatic carbocycles. The molecule has 1 unspecified atom stereocenters. The highest BCUT2D eigenvalue weighted by atomic mass is 16.5. The molecule has 0 radical (unpaired) electrons. The number of carbonyl (C=O) groups excluding carboxylic acids is 2. The maximum atomic E-state index is 12.4. The molecule has 0 bridgehead atoms. The second-order valence-electron chi connectivity index (χ2n) is 4.48. The zero-order chi connectivity index (χ0) is 13.4. The molecule has 3 nitrogen and oxygen atoms in total. The van der Waals surface area contributed by atoms with Gasteiger partial charge in [0.2, 0.25) is 0 Å². The van der Waals surface area contributed by atoms with Crippen LogP contribution in [0.25, 0.3) is 0 Å². The molecule has 94 valence electrons. The first kappa shape index (κ1) is 11.7. The summed E-state index contributed by atoms with van der Waals surface area (Å²) < 4.78 is 5.10. The minimum Gasteiger partial charge on any atom is -0.497 e. The standard InChI is InChI=1S/C16H12O3/c1-19-11-7-8-12-13(9-11)16(18)14(15(12)17)10-5-3-2-4-6-10/h2-9,14H,1H3. The van der Waals surface area contributed by atoms with Gasteiger partial charge in [-0.3, -0.25) is 9.59 Å². The molecular formula is C16H12O3. The van der Waals surface area contributed by atoms with Crippen molar-refractivity contribution in [2.45, 2.75) is 5.92 Å². The summed E-state index contributed by atoms with van der Waals surface area (Å²) >= 11 is 0. The first-order valence-corrected chi connectivity index (χ1v) is 6.04. The molecule has 0 aliphatic heterocycles. The molecule has 0 saturated heterocycles. The Bertz CT molecular complexity index is 659. The quantitative estimate of drug-likeness (QED) is 0.772. The number of ketones is 2. The molecule has 0 saturated carbocycles. The molecule has 0 aromatic heterocycles. The lowest BCUT2D eigenvalue weighted by Crippen LogP contribution is -2.12. The van der Waals surface area contributed by atoms with Gasteiger partial charge in [-0.05, 0) is 23.8 Å². The highest BCUT2D eigenvalue weighted by molar-refractivity contribution is 6.29. The van der Waals surface area contributed by atoms with E-state index in [-0.39, 0.29) is 11.6 Å². The van der Waals surface area contributed by atoms with E-state index in [2.05, 4.69) is 0 Å². The van der Waals surface area contributed by atoms with Crippen LogP contribution in [0.1, 0.15) is 32.2 Å². The lowest BCUT2D eigenvalue weighted by Gasteiger charge is -2.06. The van der Waals surface area contributed by atoms with E-state index >= 15 is 0 Å². The Morgan fingerprint density at radius 1 is 0.895 bits per heavy atom. The predicted octanol–water partition coefficient (Wildman–Crippen LogP) is 2.86. The Morgan fingerprint density at radius 3 is 2.26 bits per heavy atom. The second-order valence-corrected chi connectivity index (χ2v) is 4.48. The van der Waals surface area contributed by atoms with Crippen molar-refractivity contribution in [3.63, 3.8) is 0 Å². The van der Waals surface area contributed by atoms with Crippen LogP contribution in [0.15, 0.2) is 48.5 Å². The number of Topliss-reactive ketones (excluding diaryl/α,β-unsaturated/α-hetero) is 2. The number of hydrogen-bond donors (Lipinski definition) is 0. The molecule has 1 atom stereocenters. The van der Waals surface area contributed by atoms with Gasteiger partial charge in [0, 0.05) is 11.1 Å². The molecule has 3 rings (SSSR count). The summed E-state index contributed by atoms with van der Waals surface area (Å²) in [5, 5.41) is 0. The number of fused-ring (bicyclic) bond motifs is 1. The Balaban J connectivity index is 2.10. The fourth-order valence-corrected chi connectivity index (χ4v) is 2.45. The van der Waals surface area contributed by atoms with Gasteiger partial charge in [0.25, 0.3) is 0 Å². The molecule has 0 fully saturated rings. The first-order valence-electron chi connectivity index (χ1n) is 6.04. The van der Waals surface area contributed by atoms with Gasteiger partial charge in [-0.15, -0.1) is 0 Å². The van der Waals surface area contributed by atoms with E-state index in [0.717, 1.165) is 5.56 Å². The molecular weight excluding hydrogens is 240 g/mol. The molecule has 0 heterocycles. The van der Waals surface area contributed by atoms with Gasteiger partial charge in [0.05, 0.1) is 7.11 Å². The van der Waals surface area contributed by atoms with E-state index < -0.39 is 5.92 Å². The van der Waals surface area contributed by atoms with Crippen LogP contribution in [0, 0.1) is 0 Å². The van der Waals surface area contributed by atoms with Crippen LogP contribution in [0.2, 0.25) is 0 Å². The summed E-state index contributed by atoms with van der Waals surface area (Å²) in [6.07, 6.45) is 0. The molecule has 1 aliphatic carbocycles. The van der Waals surface area contributed by atoms with E-state index in [1.807, 2.05) is 30.3 Å². The van der Waals surface area contributed by atoms with Crippen molar-refractivity contribution in [2.75, 3.05) is 7.11 Å². The highest BCUT2D eigenvalue weighted by Gasteiger charge is 2.39. The van der Waals surface area contributed by atoms with E-state index in [4.69, 9.17) is 4.74 Å². The maximum absolute atomic E-state index is 12.4. The molecule has 1 aliphatic rings. The molecule has 19 heavy (non-hydrogen) atoms. The topological polar surface area (TPSA) is 43.4 Å². The van der Waals surface area contributed by atoms with Gasteiger partial charge < -0.3 is 4.74 Å². The average Bonchev–Trinajstić information content (AvgIpc) is 2.71. The van der Waals surface area contributed by atoms with Crippen LogP contribution in [0.5, 0.6) is 5.75 Å². The fourth-order valence-electron chi connectivity index (χ4n) is 2.45. The monoisotopic (exact) mass is 252 g/mol. The van der Waals surface area contributed by atoms with Gasteiger partial charge >= 0.3 is 0 Å². The van der Waals surface area contributed by atoms with Gasteiger partial charge in [-0.1, -0.05) is 30.3 Å². The van der Waals surface area contributed by atoms with Crippen molar-refractivity contribution in [1.29, 1.82) is 0 Å². The molecule has 3 heteroatoms. The van der Waals surface area contributed by atoms with Crippen molar-refractivity contribution < 1.29 is 14.3 Å². The summed E-state index contributed by atoms with van der Waals surface area (Å²) in [6, 6.07) is 14.2. The van der Waals surface area contributed by atoms with Crippen LogP contribution in [0.4, 0.5) is 0 Å². The van der Waals surface area contributed by atoms with Crippen LogP contribution in [0.3, 0.4) is 0 Å². The van der Waals surface area contributed by atoms with E-state index in [9.17, 15) is 9.59 Å². The van der Waals surface area contributed by atoms with Crippen molar-refractivity contribution in [2.24, 2.45) is 0 Å². The third-order valence-corrected chi connectivity index (χ3v) is 3.41. The van der Waals surface area contributed by atoms with Gasteiger partial charge in [0.1, 0.15) is 11.7 Å². The van der Waals surface area contributed by atoms with Crippen LogP contribution in [-0.4, -0.2) is 18.7 Å².